The van der Waals surface area contributed by atoms with E-state index in [0.29, 0.717) is 23.7 Å². The van der Waals surface area contributed by atoms with Crippen LogP contribution in [0.5, 0.6) is 0 Å². The molecule has 0 aromatic heterocycles. The van der Waals surface area contributed by atoms with Gasteiger partial charge in [-0.1, -0.05) is 52.0 Å². The van der Waals surface area contributed by atoms with Crippen molar-refractivity contribution in [1.82, 2.24) is 0 Å². The lowest BCUT2D eigenvalue weighted by Gasteiger charge is -2.31. The van der Waals surface area contributed by atoms with Gasteiger partial charge in [0.25, 0.3) is 0 Å². The zero-order valence-corrected chi connectivity index (χ0v) is 30.6. The van der Waals surface area contributed by atoms with Crippen LogP contribution in [0.1, 0.15) is 163 Å². The highest BCUT2D eigenvalue weighted by Crippen LogP contribution is 2.44. The summed E-state index contributed by atoms with van der Waals surface area (Å²) in [6.45, 7) is 38.0. The topological polar surface area (TPSA) is 0 Å². The van der Waals surface area contributed by atoms with Crippen molar-refractivity contribution < 1.29 is 0 Å². The molecule has 0 fully saturated rings. The summed E-state index contributed by atoms with van der Waals surface area (Å²) in [6.07, 6.45) is 0. The van der Waals surface area contributed by atoms with Crippen molar-refractivity contribution in [3.8, 4) is 0 Å². The van der Waals surface area contributed by atoms with Crippen molar-refractivity contribution in [1.29, 1.82) is 0 Å². The van der Waals surface area contributed by atoms with Crippen molar-refractivity contribution >= 4 is 0 Å². The fraction of sp³-hybridized carbons (Fsp3) is 0.455. The van der Waals surface area contributed by atoms with Crippen LogP contribution in [0, 0.1) is 83.1 Å². The summed E-state index contributed by atoms with van der Waals surface area (Å²) < 4.78 is 0. The average Bonchev–Trinajstić information content (AvgIpc) is 2.99. The van der Waals surface area contributed by atoms with Crippen LogP contribution in [-0.4, -0.2) is 0 Å². The smallest absolute Gasteiger partial charge is 0.00666 e. The molecule has 1 aliphatic carbocycles. The van der Waals surface area contributed by atoms with Crippen LogP contribution in [0.3, 0.4) is 0 Å². The fourth-order valence-corrected chi connectivity index (χ4v) is 8.66. The molecule has 1 aliphatic rings. The third-order valence-electron chi connectivity index (χ3n) is 12.9. The lowest BCUT2D eigenvalue weighted by molar-refractivity contribution is 0.818. The van der Waals surface area contributed by atoms with Crippen molar-refractivity contribution in [2.75, 3.05) is 0 Å². The zero-order chi connectivity index (χ0) is 32.7. The van der Waals surface area contributed by atoms with Gasteiger partial charge >= 0.3 is 0 Å². The Morgan fingerprint density at radius 1 is 0.227 bits per heavy atom. The maximum atomic E-state index is 2.58. The predicted molar refractivity (Wildman–Crippen MR) is 193 cm³/mol. The van der Waals surface area contributed by atoms with Gasteiger partial charge in [-0.15, -0.1) is 0 Å². The first kappa shape index (κ1) is 32.3. The SMILES string of the molecule is Cc1c2cc(c(C)c1C)C(C)c1cc(c(C)c(C)c1C)C(C)c1cc(c(C)c(C)c1C)C(C)c1cc(c(C)c(C)c1C)C2C. The lowest BCUT2D eigenvalue weighted by atomic mass is 9.74. The molecule has 0 atom stereocenters. The second kappa shape index (κ2) is 11.3. The molecule has 0 heteroatoms. The first-order chi connectivity index (χ1) is 20.5. The van der Waals surface area contributed by atoms with Crippen molar-refractivity contribution in [2.45, 2.75) is 134 Å². The van der Waals surface area contributed by atoms with Crippen molar-refractivity contribution in [3.63, 3.8) is 0 Å². The Morgan fingerprint density at radius 3 is 0.455 bits per heavy atom. The monoisotopic (exact) mass is 584 g/mol. The average molecular weight is 585 g/mol. The Hall–Kier alpha value is -3.12. The van der Waals surface area contributed by atoms with Gasteiger partial charge in [0.15, 0.2) is 0 Å². The Bertz CT molecular complexity index is 1440. The number of hydrogen-bond donors (Lipinski definition) is 0. The summed E-state index contributed by atoms with van der Waals surface area (Å²) in [6, 6.07) is 10.3. The van der Waals surface area contributed by atoms with Gasteiger partial charge in [0.1, 0.15) is 0 Å². The van der Waals surface area contributed by atoms with Crippen LogP contribution < -0.4 is 0 Å². The molecule has 0 spiro atoms. The molecule has 232 valence electrons. The molecule has 8 bridgehead atoms. The van der Waals surface area contributed by atoms with E-state index < -0.39 is 0 Å². The molecule has 5 rings (SSSR count). The van der Waals surface area contributed by atoms with E-state index in [2.05, 4.69) is 135 Å². The Balaban J connectivity index is 1.97. The summed E-state index contributed by atoms with van der Waals surface area (Å²) in [7, 11) is 0. The van der Waals surface area contributed by atoms with E-state index in [1.807, 2.05) is 0 Å². The molecule has 4 aromatic carbocycles. The summed E-state index contributed by atoms with van der Waals surface area (Å²) in [4.78, 5) is 0. The van der Waals surface area contributed by atoms with E-state index in [9.17, 15) is 0 Å². The van der Waals surface area contributed by atoms with Crippen LogP contribution in [-0.2, 0) is 0 Å². The van der Waals surface area contributed by atoms with E-state index in [-0.39, 0.29) is 0 Å². The van der Waals surface area contributed by atoms with E-state index in [4.69, 9.17) is 0 Å². The summed E-state index contributed by atoms with van der Waals surface area (Å²) in [5.74, 6) is 1.25. The van der Waals surface area contributed by atoms with E-state index in [1.54, 1.807) is 0 Å². The van der Waals surface area contributed by atoms with Gasteiger partial charge < -0.3 is 0 Å². The maximum absolute atomic E-state index is 2.58. The summed E-state index contributed by atoms with van der Waals surface area (Å²) in [5, 5.41) is 0. The maximum Gasteiger partial charge on any atom is 0.00666 e. The van der Waals surface area contributed by atoms with Gasteiger partial charge in [-0.2, -0.15) is 0 Å². The molecule has 0 nitrogen and oxygen atoms in total. The Morgan fingerprint density at radius 2 is 0.341 bits per heavy atom. The molecule has 0 N–H and O–H groups in total. The van der Waals surface area contributed by atoms with Crippen LogP contribution in [0.2, 0.25) is 0 Å². The van der Waals surface area contributed by atoms with Crippen molar-refractivity contribution in [3.05, 3.63) is 136 Å². The minimum atomic E-state index is 0.311. The largest absolute Gasteiger partial charge is 0.0543 e. The predicted octanol–water partition coefficient (Wildman–Crippen LogP) is 12.3. The summed E-state index contributed by atoms with van der Waals surface area (Å²) >= 11 is 0. The fourth-order valence-electron chi connectivity index (χ4n) is 8.66. The number of rotatable bonds is 0. The minimum Gasteiger partial charge on any atom is -0.0543 e. The lowest BCUT2D eigenvalue weighted by Crippen LogP contribution is -2.14. The van der Waals surface area contributed by atoms with Gasteiger partial charge in [0, 0.05) is 23.7 Å². The van der Waals surface area contributed by atoms with E-state index in [0.717, 1.165) is 0 Å². The molecule has 0 saturated carbocycles. The van der Waals surface area contributed by atoms with Crippen LogP contribution in [0.4, 0.5) is 0 Å². The molecule has 0 amide bonds. The van der Waals surface area contributed by atoms with Crippen LogP contribution in [0.25, 0.3) is 0 Å². The van der Waals surface area contributed by atoms with Crippen molar-refractivity contribution in [2.24, 2.45) is 0 Å². The molecular formula is C44H56. The Labute approximate surface area is 269 Å². The number of benzene rings is 4. The van der Waals surface area contributed by atoms with Gasteiger partial charge in [-0.25, -0.2) is 0 Å². The summed E-state index contributed by atoms with van der Waals surface area (Å²) in [5.41, 5.74) is 29.2. The van der Waals surface area contributed by atoms with Gasteiger partial charge in [-0.3, -0.25) is 0 Å². The second-order valence-corrected chi connectivity index (χ2v) is 14.6. The standard InChI is InChI=1S/C44H56/c1-21-25(5)37-17-38(26(21)6)34(14)40-19-42(30(10)23(3)28(40)8)36(16)44-20-43(31(11)24(4)32(44)12)35(15)41-18-39(33(37)13)27(7)22(2)29(41)9/h17-20,33-36H,1-16H3. The molecule has 0 heterocycles. The van der Waals surface area contributed by atoms with Gasteiger partial charge in [-0.05, 0) is 194 Å². The molecule has 0 unspecified atom stereocenters. The highest BCUT2D eigenvalue weighted by Gasteiger charge is 2.28. The minimum absolute atomic E-state index is 0.311. The highest BCUT2D eigenvalue weighted by atomic mass is 14.3. The van der Waals surface area contributed by atoms with Crippen LogP contribution in [0.15, 0.2) is 24.3 Å². The second-order valence-electron chi connectivity index (χ2n) is 14.6. The zero-order valence-electron chi connectivity index (χ0n) is 30.6. The first-order valence-corrected chi connectivity index (χ1v) is 16.9. The van der Waals surface area contributed by atoms with Gasteiger partial charge in [0.05, 0.1) is 0 Å². The number of fused-ring (bicyclic) bond motifs is 8. The Kier molecular flexibility index (Phi) is 8.33. The first-order valence-electron chi connectivity index (χ1n) is 16.9. The molecule has 44 heavy (non-hydrogen) atoms. The van der Waals surface area contributed by atoms with Crippen LogP contribution >= 0.6 is 0 Å². The quantitative estimate of drug-likeness (QED) is 0.193. The molecule has 0 saturated heterocycles. The highest BCUT2D eigenvalue weighted by molar-refractivity contribution is 5.59. The number of hydrogen-bond acceptors (Lipinski definition) is 0. The molecular weight excluding hydrogens is 528 g/mol. The normalized spacial score (nSPS) is 19.8. The van der Waals surface area contributed by atoms with E-state index in [1.165, 1.54) is 111 Å². The molecule has 0 aliphatic heterocycles. The molecule has 4 aromatic rings. The van der Waals surface area contributed by atoms with E-state index >= 15 is 0 Å². The third-order valence-corrected chi connectivity index (χ3v) is 12.9. The third kappa shape index (κ3) is 4.71. The molecule has 0 radical (unpaired) electrons. The van der Waals surface area contributed by atoms with Gasteiger partial charge in [0.2, 0.25) is 0 Å².